The smallest absolute Gasteiger partial charge is 0.220 e. The summed E-state index contributed by atoms with van der Waals surface area (Å²) in [6, 6.07) is -0.844. The second-order valence-corrected chi connectivity index (χ2v) is 22.5. The second kappa shape index (κ2) is 49.5. The number of amides is 1. The minimum Gasteiger partial charge on any atom is -0.394 e. The monoisotopic (exact) mass is 1110 g/mol. The average molecular weight is 1110 g/mol. The highest BCUT2D eigenvalue weighted by Crippen LogP contribution is 2.30. The topological polar surface area (TPSA) is 228 Å². The molecule has 14 heteroatoms. The number of rotatable bonds is 51. The summed E-state index contributed by atoms with van der Waals surface area (Å²) in [5.74, 6) is -0.229. The fourth-order valence-corrected chi connectivity index (χ4v) is 10.5. The van der Waals surface area contributed by atoms with E-state index in [-0.39, 0.29) is 18.9 Å². The third-order valence-corrected chi connectivity index (χ3v) is 15.6. The summed E-state index contributed by atoms with van der Waals surface area (Å²) in [5.41, 5.74) is 0. The molecule has 2 saturated heterocycles. The van der Waals surface area contributed by atoms with Gasteiger partial charge in [0.05, 0.1) is 32.0 Å². The van der Waals surface area contributed by atoms with Crippen molar-refractivity contribution in [3.05, 3.63) is 48.6 Å². The molecule has 2 aliphatic rings. The molecular weight excluding hydrogens is 991 g/mol. The first-order valence-corrected chi connectivity index (χ1v) is 31.9. The van der Waals surface area contributed by atoms with Crippen molar-refractivity contribution in [1.82, 2.24) is 5.32 Å². The molecule has 0 aliphatic carbocycles. The molecule has 2 heterocycles. The summed E-state index contributed by atoms with van der Waals surface area (Å²) >= 11 is 0. The van der Waals surface area contributed by atoms with Gasteiger partial charge in [-0.25, -0.2) is 0 Å². The third kappa shape index (κ3) is 34.4. The van der Waals surface area contributed by atoms with Crippen LogP contribution in [0.3, 0.4) is 0 Å². The Bertz CT molecular complexity index is 1490. The Morgan fingerprint density at radius 2 is 0.885 bits per heavy atom. The highest BCUT2D eigenvalue weighted by molar-refractivity contribution is 5.76. The van der Waals surface area contributed by atoms with E-state index in [0.29, 0.717) is 12.8 Å². The van der Waals surface area contributed by atoms with Crippen LogP contribution in [0.2, 0.25) is 0 Å². The van der Waals surface area contributed by atoms with E-state index < -0.39 is 86.8 Å². The maximum Gasteiger partial charge on any atom is 0.220 e. The summed E-state index contributed by atoms with van der Waals surface area (Å²) in [5, 5.41) is 87.4. The number of aliphatic hydroxyl groups excluding tert-OH is 8. The van der Waals surface area contributed by atoms with Crippen LogP contribution in [0.5, 0.6) is 0 Å². The summed E-state index contributed by atoms with van der Waals surface area (Å²) < 4.78 is 22.8. The molecule has 2 rings (SSSR count). The molecule has 0 aromatic heterocycles. The minimum atomic E-state index is -1.79. The van der Waals surface area contributed by atoms with Gasteiger partial charge in [-0.2, -0.15) is 0 Å². The van der Waals surface area contributed by atoms with E-state index in [0.717, 1.165) is 77.0 Å². The van der Waals surface area contributed by atoms with Gasteiger partial charge in [-0.1, -0.05) is 249 Å². The zero-order chi connectivity index (χ0) is 56.7. The molecule has 12 atom stereocenters. The van der Waals surface area contributed by atoms with Crippen LogP contribution < -0.4 is 5.32 Å². The van der Waals surface area contributed by atoms with Gasteiger partial charge < -0.3 is 65.1 Å². The highest BCUT2D eigenvalue weighted by atomic mass is 16.7. The molecule has 456 valence electrons. The first kappa shape index (κ1) is 72.1. The molecule has 0 aromatic carbocycles. The van der Waals surface area contributed by atoms with Gasteiger partial charge in [-0.15, -0.1) is 0 Å². The van der Waals surface area contributed by atoms with E-state index in [1.807, 2.05) is 0 Å². The molecular formula is C64H117NO13. The molecule has 0 spiro atoms. The van der Waals surface area contributed by atoms with Gasteiger partial charge in [0.1, 0.15) is 48.8 Å². The van der Waals surface area contributed by atoms with Crippen LogP contribution in [-0.2, 0) is 23.7 Å². The van der Waals surface area contributed by atoms with Crippen molar-refractivity contribution in [2.75, 3.05) is 19.8 Å². The molecule has 12 unspecified atom stereocenters. The van der Waals surface area contributed by atoms with Gasteiger partial charge in [0.25, 0.3) is 0 Å². The highest BCUT2D eigenvalue weighted by Gasteiger charge is 2.51. The Morgan fingerprint density at radius 3 is 1.36 bits per heavy atom. The molecule has 0 radical (unpaired) electrons. The second-order valence-electron chi connectivity index (χ2n) is 22.5. The van der Waals surface area contributed by atoms with Crippen molar-refractivity contribution in [2.45, 2.75) is 331 Å². The van der Waals surface area contributed by atoms with E-state index in [1.54, 1.807) is 0 Å². The summed E-state index contributed by atoms with van der Waals surface area (Å²) in [4.78, 5) is 13.3. The first-order valence-electron chi connectivity index (χ1n) is 31.9. The summed E-state index contributed by atoms with van der Waals surface area (Å²) in [6.07, 6.45) is 45.5. The lowest BCUT2D eigenvalue weighted by Crippen LogP contribution is -2.65. The van der Waals surface area contributed by atoms with Crippen molar-refractivity contribution >= 4 is 5.91 Å². The van der Waals surface area contributed by atoms with Crippen molar-refractivity contribution < 1.29 is 64.6 Å². The first-order chi connectivity index (χ1) is 38.1. The number of hydrogen-bond acceptors (Lipinski definition) is 13. The molecule has 0 aromatic rings. The standard InChI is InChI=1S/C64H117NO13/c1-3-5-7-9-11-13-15-17-19-21-22-23-24-25-26-27-28-29-30-32-33-35-37-39-41-43-45-47-53(68)52(65-56(69)48-46-44-42-40-38-36-34-31-20-18-16-14-12-10-8-6-4-2)51-75-63-61(74)59(72)62(55(50-67)77-63)78-64-60(73)58(71)57(70)54(49-66)76-64/h6,8,12,14,18,20,34,36,52-55,57-64,66-68,70-74H,3-5,7,9-11,13,15-17,19,21-33,35,37-51H2,1-2H3,(H,65,69)/b8-6-,14-12-,20-18-,36-34-. The maximum atomic E-state index is 13.3. The molecule has 0 bridgehead atoms. The van der Waals surface area contributed by atoms with Gasteiger partial charge in [0, 0.05) is 6.42 Å². The molecule has 14 nitrogen and oxygen atoms in total. The number of nitrogens with one attached hydrogen (secondary N) is 1. The number of unbranched alkanes of at least 4 members (excludes halogenated alkanes) is 30. The lowest BCUT2D eigenvalue weighted by atomic mass is 9.97. The van der Waals surface area contributed by atoms with Crippen molar-refractivity contribution in [3.63, 3.8) is 0 Å². The van der Waals surface area contributed by atoms with Crippen molar-refractivity contribution in [3.8, 4) is 0 Å². The van der Waals surface area contributed by atoms with E-state index in [1.165, 1.54) is 148 Å². The largest absolute Gasteiger partial charge is 0.394 e. The number of aliphatic hydroxyl groups is 8. The number of hydrogen-bond donors (Lipinski definition) is 9. The quantitative estimate of drug-likeness (QED) is 0.0204. The van der Waals surface area contributed by atoms with Crippen LogP contribution in [-0.4, -0.2) is 140 Å². The van der Waals surface area contributed by atoms with Crippen molar-refractivity contribution in [2.24, 2.45) is 0 Å². The number of carbonyl (C=O) groups is 1. The zero-order valence-electron chi connectivity index (χ0n) is 49.2. The van der Waals surface area contributed by atoms with Crippen LogP contribution in [0.1, 0.15) is 258 Å². The average Bonchev–Trinajstić information content (AvgIpc) is 3.48. The molecule has 78 heavy (non-hydrogen) atoms. The van der Waals surface area contributed by atoms with Crippen LogP contribution in [0.15, 0.2) is 48.6 Å². The van der Waals surface area contributed by atoms with Gasteiger partial charge in [0.15, 0.2) is 12.6 Å². The van der Waals surface area contributed by atoms with Crippen LogP contribution in [0.25, 0.3) is 0 Å². The van der Waals surface area contributed by atoms with Crippen LogP contribution in [0, 0.1) is 0 Å². The zero-order valence-corrected chi connectivity index (χ0v) is 49.2. The van der Waals surface area contributed by atoms with E-state index in [4.69, 9.17) is 18.9 Å². The fraction of sp³-hybridized carbons (Fsp3) is 0.859. The Hall–Kier alpha value is -2.05. The lowest BCUT2D eigenvalue weighted by molar-refractivity contribution is -0.359. The molecule has 0 saturated carbocycles. The Kier molecular flexibility index (Phi) is 45.8. The Morgan fingerprint density at radius 1 is 0.474 bits per heavy atom. The Balaban J connectivity index is 1.71. The third-order valence-electron chi connectivity index (χ3n) is 15.6. The normalized spacial score (nSPS) is 24.8. The van der Waals surface area contributed by atoms with Gasteiger partial charge in [0.2, 0.25) is 5.91 Å². The van der Waals surface area contributed by atoms with Gasteiger partial charge >= 0.3 is 0 Å². The molecule has 2 aliphatic heterocycles. The summed E-state index contributed by atoms with van der Waals surface area (Å²) in [7, 11) is 0. The van der Waals surface area contributed by atoms with E-state index >= 15 is 0 Å². The van der Waals surface area contributed by atoms with Crippen LogP contribution >= 0.6 is 0 Å². The molecule has 9 N–H and O–H groups in total. The fourth-order valence-electron chi connectivity index (χ4n) is 10.5. The predicted octanol–water partition coefficient (Wildman–Crippen LogP) is 11.6. The number of ether oxygens (including phenoxy) is 4. The van der Waals surface area contributed by atoms with Gasteiger partial charge in [-0.3, -0.25) is 4.79 Å². The van der Waals surface area contributed by atoms with E-state index in [9.17, 15) is 45.6 Å². The maximum absolute atomic E-state index is 13.3. The van der Waals surface area contributed by atoms with Crippen molar-refractivity contribution in [1.29, 1.82) is 0 Å². The molecule has 2 fully saturated rings. The predicted molar refractivity (Wildman–Crippen MR) is 314 cm³/mol. The SMILES string of the molecule is CC/C=C\C/C=C\C/C=C\C/C=C\CCCCCCC(=O)NC(COC1OC(CO)C(OC2OC(CO)C(O)C(O)C2O)C(O)C1O)C(O)CCCCCCCCCCCCCCCCCCCCCCCCCCCCC. The lowest BCUT2D eigenvalue weighted by Gasteiger charge is -2.46. The number of allylic oxidation sites excluding steroid dienone is 8. The summed E-state index contributed by atoms with van der Waals surface area (Å²) in [6.45, 7) is 2.75. The van der Waals surface area contributed by atoms with Crippen LogP contribution in [0.4, 0.5) is 0 Å². The van der Waals surface area contributed by atoms with Gasteiger partial charge in [-0.05, 0) is 51.4 Å². The van der Waals surface area contributed by atoms with E-state index in [2.05, 4.69) is 67.8 Å². The minimum absolute atomic E-state index is 0.229. The Labute approximate surface area is 473 Å². The number of carbonyl (C=O) groups excluding carboxylic acids is 1. The molecule has 1 amide bonds.